The molecule has 0 unspecified atom stereocenters. The zero-order chi connectivity index (χ0) is 31.9. The van der Waals surface area contributed by atoms with Crippen molar-refractivity contribution >= 4 is 50.7 Å². The Balaban J connectivity index is 2.07. The van der Waals surface area contributed by atoms with Gasteiger partial charge in [0.1, 0.15) is 12.6 Å². The average Bonchev–Trinajstić information content (AvgIpc) is 2.92. The Bertz CT molecular complexity index is 1510. The summed E-state index contributed by atoms with van der Waals surface area (Å²) >= 11 is 12.7. The van der Waals surface area contributed by atoms with E-state index in [-0.39, 0.29) is 30.2 Å². The van der Waals surface area contributed by atoms with Gasteiger partial charge in [-0.15, -0.1) is 0 Å². The molecule has 3 aromatic rings. The Morgan fingerprint density at radius 2 is 1.56 bits per heavy atom. The Morgan fingerprint density at radius 1 is 0.930 bits per heavy atom. The highest BCUT2D eigenvalue weighted by atomic mass is 35.5. The van der Waals surface area contributed by atoms with Crippen LogP contribution in [0.4, 0.5) is 5.69 Å². The molecule has 0 aromatic heterocycles. The number of nitrogens with zero attached hydrogens (tertiary/aromatic N) is 2. The maximum absolute atomic E-state index is 14.2. The molecule has 3 aromatic carbocycles. The Morgan fingerprint density at radius 3 is 2.09 bits per heavy atom. The Kier molecular flexibility index (Phi) is 11.7. The van der Waals surface area contributed by atoms with Gasteiger partial charge in [-0.3, -0.25) is 13.9 Å². The van der Waals surface area contributed by atoms with E-state index in [4.69, 9.17) is 23.2 Å². The van der Waals surface area contributed by atoms with Crippen molar-refractivity contribution in [1.82, 2.24) is 10.2 Å². The first-order valence-electron chi connectivity index (χ1n) is 14.2. The molecule has 0 bridgehead atoms. The van der Waals surface area contributed by atoms with E-state index >= 15 is 0 Å². The number of amides is 2. The number of carbonyl (C=O) groups excluding carboxylic acids is 2. The topological polar surface area (TPSA) is 86.8 Å². The molecule has 3 rings (SSSR count). The molecule has 0 saturated carbocycles. The van der Waals surface area contributed by atoms with Gasteiger partial charge in [-0.1, -0.05) is 106 Å². The van der Waals surface area contributed by atoms with E-state index < -0.39 is 28.5 Å². The van der Waals surface area contributed by atoms with Crippen LogP contribution in [0.15, 0.2) is 72.8 Å². The van der Waals surface area contributed by atoms with E-state index in [0.717, 1.165) is 21.7 Å². The fraction of sp³-hybridized carbons (Fsp3) is 0.394. The van der Waals surface area contributed by atoms with Gasteiger partial charge in [0.05, 0.1) is 11.9 Å². The molecule has 43 heavy (non-hydrogen) atoms. The molecule has 0 spiro atoms. The van der Waals surface area contributed by atoms with Crippen molar-refractivity contribution in [2.45, 2.75) is 59.0 Å². The molecule has 232 valence electrons. The monoisotopic (exact) mass is 645 g/mol. The van der Waals surface area contributed by atoms with E-state index in [9.17, 15) is 18.0 Å². The highest BCUT2D eigenvalue weighted by molar-refractivity contribution is 7.92. The minimum absolute atomic E-state index is 0.0258. The number of nitrogens with one attached hydrogen (secondary N) is 1. The van der Waals surface area contributed by atoms with Gasteiger partial charge in [0.15, 0.2) is 0 Å². The lowest BCUT2D eigenvalue weighted by atomic mass is 9.87. The van der Waals surface area contributed by atoms with Gasteiger partial charge in [-0.2, -0.15) is 0 Å². The van der Waals surface area contributed by atoms with Crippen molar-refractivity contribution in [3.8, 4) is 0 Å². The van der Waals surface area contributed by atoms with E-state index in [1.807, 2.05) is 56.3 Å². The third-order valence-corrected chi connectivity index (χ3v) is 8.74. The molecule has 0 aliphatic rings. The number of halogens is 2. The smallest absolute Gasteiger partial charge is 0.244 e. The summed E-state index contributed by atoms with van der Waals surface area (Å²) in [5.41, 5.74) is 2.68. The molecule has 1 atom stereocenters. The number of carbonyl (C=O) groups is 2. The van der Waals surface area contributed by atoms with E-state index in [0.29, 0.717) is 27.8 Å². The van der Waals surface area contributed by atoms with Gasteiger partial charge in [-0.05, 0) is 52.3 Å². The number of sulfonamides is 1. The standard InChI is InChI=1S/C33H41Cl2N3O4S/c1-23(2)20-36-32(40)30(18-24-10-8-7-9-11-24)37(21-25-12-15-27(34)19-29(25)35)31(39)22-38(43(6,41)42)28-16-13-26(14-17-28)33(3,4)5/h7-17,19,23,30H,18,20-22H2,1-6H3,(H,36,40)/t30-/m1/s1. The lowest BCUT2D eigenvalue weighted by Gasteiger charge is -2.34. The van der Waals surface area contributed by atoms with Crippen LogP contribution in [-0.4, -0.2) is 50.5 Å². The normalized spacial score (nSPS) is 12.6. The summed E-state index contributed by atoms with van der Waals surface area (Å²) < 4.78 is 27.1. The quantitative estimate of drug-likeness (QED) is 0.245. The number of rotatable bonds is 12. The summed E-state index contributed by atoms with van der Waals surface area (Å²) in [4.78, 5) is 29.4. The van der Waals surface area contributed by atoms with Crippen molar-refractivity contribution in [3.05, 3.63) is 99.5 Å². The van der Waals surface area contributed by atoms with Gasteiger partial charge in [0.2, 0.25) is 21.8 Å². The summed E-state index contributed by atoms with van der Waals surface area (Å²) in [6.07, 6.45) is 1.29. The molecule has 0 heterocycles. The van der Waals surface area contributed by atoms with Crippen molar-refractivity contribution in [3.63, 3.8) is 0 Å². The third kappa shape index (κ3) is 9.98. The lowest BCUT2D eigenvalue weighted by molar-refractivity contribution is -0.140. The van der Waals surface area contributed by atoms with Crippen LogP contribution >= 0.6 is 23.2 Å². The van der Waals surface area contributed by atoms with Crippen molar-refractivity contribution in [1.29, 1.82) is 0 Å². The first kappa shape index (κ1) is 34.4. The second-order valence-electron chi connectivity index (χ2n) is 12.2. The van der Waals surface area contributed by atoms with Gasteiger partial charge < -0.3 is 10.2 Å². The molecule has 1 N–H and O–H groups in total. The molecule has 0 fully saturated rings. The maximum atomic E-state index is 14.2. The second kappa shape index (κ2) is 14.6. The fourth-order valence-electron chi connectivity index (χ4n) is 4.55. The fourth-order valence-corrected chi connectivity index (χ4v) is 5.87. The van der Waals surface area contributed by atoms with E-state index in [1.54, 1.807) is 30.3 Å². The highest BCUT2D eigenvalue weighted by Gasteiger charge is 2.33. The SMILES string of the molecule is CC(C)CNC(=O)[C@@H](Cc1ccccc1)N(Cc1ccc(Cl)cc1Cl)C(=O)CN(c1ccc(C(C)(C)C)cc1)S(C)(=O)=O. The van der Waals surface area contributed by atoms with Gasteiger partial charge >= 0.3 is 0 Å². The van der Waals surface area contributed by atoms with Gasteiger partial charge in [-0.25, -0.2) is 8.42 Å². The highest BCUT2D eigenvalue weighted by Crippen LogP contribution is 2.27. The number of hydrogen-bond acceptors (Lipinski definition) is 4. The van der Waals surface area contributed by atoms with Crippen molar-refractivity contribution in [2.75, 3.05) is 23.7 Å². The molecule has 0 radical (unpaired) electrons. The van der Waals surface area contributed by atoms with E-state index in [1.165, 1.54) is 4.90 Å². The largest absolute Gasteiger partial charge is 0.354 e. The minimum Gasteiger partial charge on any atom is -0.354 e. The summed E-state index contributed by atoms with van der Waals surface area (Å²) in [7, 11) is -3.87. The van der Waals surface area contributed by atoms with Crippen LogP contribution in [0.3, 0.4) is 0 Å². The summed E-state index contributed by atoms with van der Waals surface area (Å²) in [5.74, 6) is -0.693. The third-order valence-electron chi connectivity index (χ3n) is 7.01. The molecular formula is C33H41Cl2N3O4S. The number of anilines is 1. The molecular weight excluding hydrogens is 605 g/mol. The molecule has 0 aliphatic heterocycles. The molecule has 0 saturated heterocycles. The van der Waals surface area contributed by atoms with Gasteiger partial charge in [0.25, 0.3) is 0 Å². The second-order valence-corrected chi connectivity index (χ2v) is 14.9. The maximum Gasteiger partial charge on any atom is 0.244 e. The predicted octanol–water partition coefficient (Wildman–Crippen LogP) is 6.47. The molecule has 2 amide bonds. The minimum atomic E-state index is -3.87. The zero-order valence-corrected chi connectivity index (χ0v) is 27.9. The molecule has 10 heteroatoms. The van der Waals surface area contributed by atoms with Crippen molar-refractivity contribution < 1.29 is 18.0 Å². The lowest BCUT2D eigenvalue weighted by Crippen LogP contribution is -2.53. The first-order chi connectivity index (χ1) is 20.1. The Labute approximate surface area is 266 Å². The van der Waals surface area contributed by atoms with Crippen LogP contribution in [0.5, 0.6) is 0 Å². The van der Waals surface area contributed by atoms with Crippen LogP contribution in [-0.2, 0) is 38.0 Å². The summed E-state index contributed by atoms with van der Waals surface area (Å²) in [6, 6.07) is 20.5. The van der Waals surface area contributed by atoms with Crippen LogP contribution in [0, 0.1) is 5.92 Å². The average molecular weight is 647 g/mol. The van der Waals surface area contributed by atoms with Gasteiger partial charge in [0, 0.05) is 29.6 Å². The van der Waals surface area contributed by atoms with Crippen LogP contribution in [0.25, 0.3) is 0 Å². The van der Waals surface area contributed by atoms with Crippen molar-refractivity contribution in [2.24, 2.45) is 5.92 Å². The van der Waals surface area contributed by atoms with Crippen LogP contribution in [0.2, 0.25) is 10.0 Å². The number of hydrogen-bond donors (Lipinski definition) is 1. The van der Waals surface area contributed by atoms with E-state index in [2.05, 4.69) is 26.1 Å². The van der Waals surface area contributed by atoms with Crippen LogP contribution in [0.1, 0.15) is 51.3 Å². The molecule has 7 nitrogen and oxygen atoms in total. The first-order valence-corrected chi connectivity index (χ1v) is 16.8. The Hall–Kier alpha value is -3.07. The van der Waals surface area contributed by atoms with Crippen LogP contribution < -0.4 is 9.62 Å². The predicted molar refractivity (Wildman–Crippen MR) is 176 cm³/mol. The number of benzene rings is 3. The summed E-state index contributed by atoms with van der Waals surface area (Å²) in [5, 5.41) is 3.74. The summed E-state index contributed by atoms with van der Waals surface area (Å²) in [6.45, 7) is 10.1. The molecule has 0 aliphatic carbocycles. The zero-order valence-electron chi connectivity index (χ0n) is 25.6.